The van der Waals surface area contributed by atoms with Gasteiger partial charge in [-0.2, -0.15) is 0 Å². The maximum absolute atomic E-state index is 12.2. The second-order valence-electron chi connectivity index (χ2n) is 6.14. The van der Waals surface area contributed by atoms with Gasteiger partial charge in [-0.3, -0.25) is 9.20 Å². The van der Waals surface area contributed by atoms with Crippen LogP contribution in [0.2, 0.25) is 0 Å². The number of rotatable bonds is 8. The van der Waals surface area contributed by atoms with Gasteiger partial charge in [0.15, 0.2) is 5.96 Å². The number of guanidine groups is 1. The van der Waals surface area contributed by atoms with Crippen molar-refractivity contribution in [1.29, 1.82) is 0 Å². The summed E-state index contributed by atoms with van der Waals surface area (Å²) in [6.07, 6.45) is 1.64. The van der Waals surface area contributed by atoms with Gasteiger partial charge in [-0.1, -0.05) is 48.5 Å². The lowest BCUT2D eigenvalue weighted by molar-refractivity contribution is 0.572. The second kappa shape index (κ2) is 10.4. The van der Waals surface area contributed by atoms with Crippen molar-refractivity contribution in [3.8, 4) is 11.5 Å². The van der Waals surface area contributed by atoms with Crippen molar-refractivity contribution in [3.05, 3.63) is 78.2 Å². The molecular formula is C21H24N4O2S. The quantitative estimate of drug-likeness (QED) is 0.452. The fraction of sp³-hybridized carbons (Fsp3) is 0.238. The molecule has 1 aromatic heterocycles. The zero-order chi connectivity index (χ0) is 19.6. The summed E-state index contributed by atoms with van der Waals surface area (Å²) < 4.78 is 17.7. The third-order valence-corrected chi connectivity index (χ3v) is 5.34. The van der Waals surface area contributed by atoms with Crippen LogP contribution in [0.15, 0.2) is 76.3 Å². The van der Waals surface area contributed by atoms with E-state index < -0.39 is 10.8 Å². The minimum atomic E-state index is -0.920. The molecule has 3 rings (SSSR count). The van der Waals surface area contributed by atoms with Crippen molar-refractivity contribution >= 4 is 16.8 Å². The number of aliphatic imine (C=N–C) groups is 1. The number of benzene rings is 2. The lowest BCUT2D eigenvalue weighted by atomic mass is 10.2. The number of oxazole rings is 1. The van der Waals surface area contributed by atoms with Gasteiger partial charge in [-0.15, -0.1) is 0 Å². The minimum Gasteiger partial charge on any atom is -0.444 e. The van der Waals surface area contributed by atoms with E-state index in [-0.39, 0.29) is 0 Å². The molecule has 28 heavy (non-hydrogen) atoms. The summed E-state index contributed by atoms with van der Waals surface area (Å²) in [5, 5.41) is 6.37. The van der Waals surface area contributed by atoms with E-state index in [1.165, 1.54) is 0 Å². The fourth-order valence-corrected chi connectivity index (χ4v) is 3.65. The number of nitrogens with zero attached hydrogens (tertiary/aromatic N) is 2. The Hall–Kier alpha value is -2.93. The molecule has 146 valence electrons. The summed E-state index contributed by atoms with van der Waals surface area (Å²) in [5.74, 6) is 2.35. The first-order valence-electron chi connectivity index (χ1n) is 9.08. The number of nitrogens with one attached hydrogen (secondary N) is 2. The molecule has 0 aliphatic heterocycles. The molecule has 1 unspecified atom stereocenters. The predicted molar refractivity (Wildman–Crippen MR) is 113 cm³/mol. The molecule has 0 fully saturated rings. The maximum Gasteiger partial charge on any atom is 0.226 e. The average Bonchev–Trinajstić information content (AvgIpc) is 3.21. The van der Waals surface area contributed by atoms with Crippen LogP contribution in [-0.4, -0.2) is 34.5 Å². The summed E-state index contributed by atoms with van der Waals surface area (Å²) in [6, 6.07) is 19.6. The molecule has 1 heterocycles. The molecule has 0 saturated heterocycles. The van der Waals surface area contributed by atoms with E-state index in [1.807, 2.05) is 60.7 Å². The molecular weight excluding hydrogens is 372 g/mol. The Morgan fingerprint density at radius 1 is 1.07 bits per heavy atom. The van der Waals surface area contributed by atoms with Crippen LogP contribution < -0.4 is 10.6 Å². The highest BCUT2D eigenvalue weighted by atomic mass is 32.2. The smallest absolute Gasteiger partial charge is 0.226 e. The summed E-state index contributed by atoms with van der Waals surface area (Å²) in [5.41, 5.74) is 2.82. The SMILES string of the molecule is CN=C(NCCS(=O)Cc1ccccc1)NCc1coc(-c2ccccc2)n1. The van der Waals surface area contributed by atoms with Crippen LogP contribution in [0.5, 0.6) is 0 Å². The zero-order valence-corrected chi connectivity index (χ0v) is 16.6. The molecule has 6 nitrogen and oxygen atoms in total. The Kier molecular flexibility index (Phi) is 7.37. The molecule has 0 saturated carbocycles. The van der Waals surface area contributed by atoms with Crippen LogP contribution in [-0.2, 0) is 23.1 Å². The highest BCUT2D eigenvalue weighted by Crippen LogP contribution is 2.17. The van der Waals surface area contributed by atoms with Gasteiger partial charge < -0.3 is 15.1 Å². The Bertz CT molecular complexity index is 910. The molecule has 3 aromatic rings. The summed E-state index contributed by atoms with van der Waals surface area (Å²) in [4.78, 5) is 8.67. The summed E-state index contributed by atoms with van der Waals surface area (Å²) in [7, 11) is 0.783. The van der Waals surface area contributed by atoms with Crippen LogP contribution in [0.4, 0.5) is 0 Å². The van der Waals surface area contributed by atoms with E-state index in [9.17, 15) is 4.21 Å². The number of hydrogen-bond donors (Lipinski definition) is 2. The first-order valence-corrected chi connectivity index (χ1v) is 10.6. The molecule has 2 aromatic carbocycles. The first-order chi connectivity index (χ1) is 13.7. The third-order valence-electron chi connectivity index (χ3n) is 4.03. The van der Waals surface area contributed by atoms with E-state index in [0.717, 1.165) is 16.8 Å². The van der Waals surface area contributed by atoms with Gasteiger partial charge in [-0.25, -0.2) is 4.98 Å². The molecule has 7 heteroatoms. The second-order valence-corrected chi connectivity index (χ2v) is 7.71. The van der Waals surface area contributed by atoms with Crippen molar-refractivity contribution in [1.82, 2.24) is 15.6 Å². The molecule has 0 aliphatic carbocycles. The number of hydrogen-bond acceptors (Lipinski definition) is 4. The predicted octanol–water partition coefficient (Wildman–Crippen LogP) is 2.96. The molecule has 1 atom stereocenters. The lowest BCUT2D eigenvalue weighted by Gasteiger charge is -2.10. The van der Waals surface area contributed by atoms with Gasteiger partial charge in [0, 0.05) is 41.5 Å². The molecule has 0 aliphatic rings. The van der Waals surface area contributed by atoms with Crippen LogP contribution in [0.25, 0.3) is 11.5 Å². The number of aromatic nitrogens is 1. The van der Waals surface area contributed by atoms with Gasteiger partial charge in [0.05, 0.1) is 12.2 Å². The van der Waals surface area contributed by atoms with E-state index in [2.05, 4.69) is 20.6 Å². The van der Waals surface area contributed by atoms with Crippen molar-refractivity contribution < 1.29 is 8.63 Å². The zero-order valence-electron chi connectivity index (χ0n) is 15.8. The van der Waals surface area contributed by atoms with Gasteiger partial charge in [-0.05, 0) is 17.7 Å². The highest BCUT2D eigenvalue weighted by molar-refractivity contribution is 7.84. The normalized spacial score (nSPS) is 12.5. The fourth-order valence-electron chi connectivity index (χ4n) is 2.61. The van der Waals surface area contributed by atoms with Gasteiger partial charge in [0.25, 0.3) is 0 Å². The summed E-state index contributed by atoms with van der Waals surface area (Å²) in [6.45, 7) is 1.07. The molecule has 2 N–H and O–H groups in total. The lowest BCUT2D eigenvalue weighted by Crippen LogP contribution is -2.38. The van der Waals surface area contributed by atoms with Gasteiger partial charge >= 0.3 is 0 Å². The van der Waals surface area contributed by atoms with E-state index in [1.54, 1.807) is 13.3 Å². The Labute approximate surface area is 167 Å². The Balaban J connectivity index is 1.41. The van der Waals surface area contributed by atoms with E-state index >= 15 is 0 Å². The Morgan fingerprint density at radius 3 is 2.50 bits per heavy atom. The van der Waals surface area contributed by atoms with Crippen LogP contribution in [0.1, 0.15) is 11.3 Å². The standard InChI is InChI=1S/C21H24N4O2S/c1-22-21(23-12-13-28(26)16-17-8-4-2-5-9-17)24-14-19-15-27-20(25-19)18-10-6-3-7-11-18/h2-11,15H,12-14,16H2,1H3,(H2,22,23,24). The third kappa shape index (κ3) is 6.06. The minimum absolute atomic E-state index is 0.489. The van der Waals surface area contributed by atoms with E-state index in [0.29, 0.717) is 36.4 Å². The highest BCUT2D eigenvalue weighted by Gasteiger charge is 2.07. The van der Waals surface area contributed by atoms with Crippen LogP contribution >= 0.6 is 0 Å². The molecule has 0 radical (unpaired) electrons. The Morgan fingerprint density at radius 2 is 1.79 bits per heavy atom. The molecule has 0 spiro atoms. The monoisotopic (exact) mass is 396 g/mol. The van der Waals surface area contributed by atoms with Gasteiger partial charge in [0.1, 0.15) is 6.26 Å². The van der Waals surface area contributed by atoms with E-state index in [4.69, 9.17) is 4.42 Å². The van der Waals surface area contributed by atoms with Crippen molar-refractivity contribution in [2.45, 2.75) is 12.3 Å². The topological polar surface area (TPSA) is 79.5 Å². The maximum atomic E-state index is 12.2. The van der Waals surface area contributed by atoms with Crippen LogP contribution in [0.3, 0.4) is 0 Å². The first kappa shape index (κ1) is 19.8. The van der Waals surface area contributed by atoms with Crippen molar-refractivity contribution in [3.63, 3.8) is 0 Å². The average molecular weight is 397 g/mol. The van der Waals surface area contributed by atoms with Crippen LogP contribution in [0, 0.1) is 0 Å². The van der Waals surface area contributed by atoms with Gasteiger partial charge in [0.2, 0.25) is 5.89 Å². The largest absolute Gasteiger partial charge is 0.444 e. The van der Waals surface area contributed by atoms with Crippen molar-refractivity contribution in [2.75, 3.05) is 19.3 Å². The van der Waals surface area contributed by atoms with Crippen molar-refractivity contribution in [2.24, 2.45) is 4.99 Å². The molecule has 0 amide bonds. The summed E-state index contributed by atoms with van der Waals surface area (Å²) >= 11 is 0. The molecule has 0 bridgehead atoms.